The topological polar surface area (TPSA) is 39.2 Å². The third kappa shape index (κ3) is 3.20. The highest BCUT2D eigenvalue weighted by Gasteiger charge is 2.17. The summed E-state index contributed by atoms with van der Waals surface area (Å²) in [5.74, 6) is -0.276. The van der Waals surface area contributed by atoms with Crippen LogP contribution in [0.3, 0.4) is 0 Å². The minimum atomic E-state index is -0.276. The highest BCUT2D eigenvalue weighted by Crippen LogP contribution is 2.41. The maximum absolute atomic E-state index is 11.7. The Kier molecular flexibility index (Phi) is 4.65. The molecular formula is C20H17NO2S3. The van der Waals surface area contributed by atoms with Crippen LogP contribution in [-0.2, 0) is 4.74 Å². The first-order valence-electron chi connectivity index (χ1n) is 8.29. The summed E-state index contributed by atoms with van der Waals surface area (Å²) in [5, 5.41) is 4.40. The number of hydrogen-bond acceptors (Lipinski definition) is 6. The van der Waals surface area contributed by atoms with E-state index in [0.717, 1.165) is 15.6 Å². The number of ether oxygens (including phenoxy) is 1. The molecule has 0 radical (unpaired) electrons. The number of carbonyl (C=O) groups is 1. The summed E-state index contributed by atoms with van der Waals surface area (Å²) in [7, 11) is 0. The van der Waals surface area contributed by atoms with Gasteiger partial charge in [0.25, 0.3) is 0 Å². The molecule has 4 heterocycles. The number of carbonyl (C=O) groups excluding carboxylic acids is 1. The summed E-state index contributed by atoms with van der Waals surface area (Å²) in [6.45, 7) is 6.08. The van der Waals surface area contributed by atoms with Crippen molar-refractivity contribution in [3.05, 3.63) is 51.8 Å². The molecule has 0 saturated heterocycles. The number of benzene rings is 1. The normalized spacial score (nSPS) is 11.2. The van der Waals surface area contributed by atoms with Crippen LogP contribution in [0.25, 0.3) is 30.4 Å². The van der Waals surface area contributed by atoms with E-state index in [0.29, 0.717) is 11.5 Å². The average Bonchev–Trinajstić information content (AvgIpc) is 3.37. The lowest BCUT2D eigenvalue weighted by atomic mass is 10.2. The van der Waals surface area contributed by atoms with Gasteiger partial charge in [0.15, 0.2) is 0 Å². The van der Waals surface area contributed by atoms with Crippen LogP contribution in [0, 0.1) is 13.8 Å². The molecule has 0 fully saturated rings. The molecule has 0 spiro atoms. The van der Waals surface area contributed by atoms with Crippen molar-refractivity contribution in [2.24, 2.45) is 0 Å². The standard InChI is InChI=1S/C12H13NO2S2.C8H4S/c1-4-15-12(14)10-8(3)13-11(17-10)9-5-7(2)6-16-9;1-2-7-6-3-5(1)8(4-6)9-7/h5-6H,4H2,1-3H3;1-4H. The van der Waals surface area contributed by atoms with Crippen LogP contribution < -0.4 is 0 Å². The molecule has 132 valence electrons. The smallest absolute Gasteiger partial charge is 0.350 e. The number of rotatable bonds is 3. The predicted molar refractivity (Wildman–Crippen MR) is 112 cm³/mol. The Labute approximate surface area is 163 Å². The molecule has 4 aromatic rings. The lowest BCUT2D eigenvalue weighted by Gasteiger charge is -1.97. The largest absolute Gasteiger partial charge is 0.462 e. The van der Waals surface area contributed by atoms with Crippen molar-refractivity contribution in [3.8, 4) is 20.3 Å². The van der Waals surface area contributed by atoms with E-state index in [1.807, 2.05) is 25.2 Å². The van der Waals surface area contributed by atoms with Gasteiger partial charge < -0.3 is 4.74 Å². The zero-order valence-electron chi connectivity index (χ0n) is 14.7. The molecule has 0 amide bonds. The van der Waals surface area contributed by atoms with E-state index in [4.69, 9.17) is 4.74 Å². The summed E-state index contributed by atoms with van der Waals surface area (Å²) >= 11 is 4.94. The molecule has 0 saturated carbocycles. The first-order chi connectivity index (χ1) is 12.5. The molecular weight excluding hydrogens is 382 g/mol. The zero-order valence-corrected chi connectivity index (χ0v) is 17.1. The van der Waals surface area contributed by atoms with Crippen molar-refractivity contribution in [1.82, 2.24) is 4.98 Å². The van der Waals surface area contributed by atoms with E-state index in [1.165, 1.54) is 37.4 Å². The number of thiophene rings is 2. The van der Waals surface area contributed by atoms with E-state index in [1.54, 1.807) is 18.3 Å². The fraction of sp³-hybridized carbons (Fsp3) is 0.200. The molecule has 4 bridgehead atoms. The molecule has 1 aromatic carbocycles. The number of aryl methyl sites for hydroxylation is 2. The fourth-order valence-electron chi connectivity index (χ4n) is 2.77. The second kappa shape index (κ2) is 6.95. The average molecular weight is 400 g/mol. The van der Waals surface area contributed by atoms with E-state index >= 15 is 0 Å². The van der Waals surface area contributed by atoms with Gasteiger partial charge in [-0.15, -0.1) is 34.0 Å². The Hall–Kier alpha value is -2.02. The fourth-order valence-corrected chi connectivity index (χ4v) is 5.73. The van der Waals surface area contributed by atoms with Gasteiger partial charge in [0.1, 0.15) is 9.88 Å². The van der Waals surface area contributed by atoms with Crippen LogP contribution in [0.2, 0.25) is 0 Å². The first-order valence-corrected chi connectivity index (χ1v) is 10.8. The summed E-state index contributed by atoms with van der Waals surface area (Å²) in [5.41, 5.74) is 3.37. The second-order valence-electron chi connectivity index (χ2n) is 6.01. The van der Waals surface area contributed by atoms with Gasteiger partial charge in [-0.1, -0.05) is 6.07 Å². The third-order valence-electron chi connectivity index (χ3n) is 4.00. The second-order valence-corrected chi connectivity index (χ2v) is 9.00. The molecule has 3 aromatic heterocycles. The minimum absolute atomic E-state index is 0.276. The Morgan fingerprint density at radius 2 is 1.96 bits per heavy atom. The minimum Gasteiger partial charge on any atom is -0.462 e. The van der Waals surface area contributed by atoms with Crippen LogP contribution in [-0.4, -0.2) is 17.6 Å². The number of aromatic nitrogens is 1. The first kappa shape index (κ1) is 17.4. The molecule has 0 atom stereocenters. The van der Waals surface area contributed by atoms with Crippen molar-refractivity contribution in [3.63, 3.8) is 0 Å². The Morgan fingerprint density at radius 3 is 2.50 bits per heavy atom. The van der Waals surface area contributed by atoms with Crippen LogP contribution in [0.4, 0.5) is 0 Å². The van der Waals surface area contributed by atoms with Crippen molar-refractivity contribution >= 4 is 50.1 Å². The Balaban J connectivity index is 0.000000154. The quantitative estimate of drug-likeness (QED) is 0.323. The number of fused-ring (bicyclic) bond motifs is 1. The summed E-state index contributed by atoms with van der Waals surface area (Å²) < 4.78 is 6.43. The van der Waals surface area contributed by atoms with E-state index < -0.39 is 0 Å². The number of thiazole rings is 1. The van der Waals surface area contributed by atoms with Crippen molar-refractivity contribution < 1.29 is 9.53 Å². The van der Waals surface area contributed by atoms with Gasteiger partial charge in [0.05, 0.1) is 17.2 Å². The van der Waals surface area contributed by atoms with Crippen LogP contribution >= 0.6 is 34.0 Å². The van der Waals surface area contributed by atoms with Gasteiger partial charge in [-0.25, -0.2) is 9.78 Å². The van der Waals surface area contributed by atoms with Crippen LogP contribution in [0.1, 0.15) is 27.9 Å². The highest BCUT2D eigenvalue weighted by molar-refractivity contribution is 7.23. The summed E-state index contributed by atoms with van der Waals surface area (Å²) in [6.07, 6.45) is 0. The lowest BCUT2D eigenvalue weighted by molar-refractivity contribution is 0.0531. The number of hydrogen-bond donors (Lipinski definition) is 0. The lowest BCUT2D eigenvalue weighted by Crippen LogP contribution is -2.03. The maximum atomic E-state index is 11.7. The number of esters is 1. The molecule has 1 aliphatic heterocycles. The van der Waals surface area contributed by atoms with Gasteiger partial charge in [0, 0.05) is 9.58 Å². The van der Waals surface area contributed by atoms with Crippen molar-refractivity contribution in [2.75, 3.05) is 6.61 Å². The molecule has 26 heavy (non-hydrogen) atoms. The van der Waals surface area contributed by atoms with Crippen molar-refractivity contribution in [2.45, 2.75) is 20.8 Å². The Morgan fingerprint density at radius 1 is 1.12 bits per heavy atom. The monoisotopic (exact) mass is 399 g/mol. The maximum Gasteiger partial charge on any atom is 0.350 e. The molecule has 1 aliphatic carbocycles. The van der Waals surface area contributed by atoms with Gasteiger partial charge in [0.2, 0.25) is 0 Å². The molecule has 3 nitrogen and oxygen atoms in total. The highest BCUT2D eigenvalue weighted by atomic mass is 32.1. The van der Waals surface area contributed by atoms with E-state index in [9.17, 15) is 4.79 Å². The molecule has 6 heteroatoms. The molecule has 0 unspecified atom stereocenters. The summed E-state index contributed by atoms with van der Waals surface area (Å²) in [4.78, 5) is 19.2. The van der Waals surface area contributed by atoms with Gasteiger partial charge in [-0.3, -0.25) is 0 Å². The van der Waals surface area contributed by atoms with Gasteiger partial charge in [-0.05, 0) is 66.9 Å². The molecule has 0 N–H and O–H groups in total. The molecule has 2 aliphatic rings. The van der Waals surface area contributed by atoms with E-state index in [-0.39, 0.29) is 5.97 Å². The van der Waals surface area contributed by atoms with Crippen molar-refractivity contribution in [1.29, 1.82) is 0 Å². The van der Waals surface area contributed by atoms with Crippen LogP contribution in [0.15, 0.2) is 35.7 Å². The molecule has 6 rings (SSSR count). The van der Waals surface area contributed by atoms with E-state index in [2.05, 4.69) is 40.7 Å². The van der Waals surface area contributed by atoms with Gasteiger partial charge >= 0.3 is 5.97 Å². The summed E-state index contributed by atoms with van der Waals surface area (Å²) in [6, 6.07) is 11.0. The Bertz CT molecular complexity index is 1090. The van der Waals surface area contributed by atoms with Crippen LogP contribution in [0.5, 0.6) is 0 Å². The third-order valence-corrected chi connectivity index (χ3v) is 7.52. The SMILES string of the molecule is CCOC(=O)c1sc(-c2cc(C)cs2)nc1C.c1cc2sc3cc2cc1-3. The number of nitrogens with zero attached hydrogens (tertiary/aromatic N) is 1. The zero-order chi connectivity index (χ0) is 18.3. The predicted octanol–water partition coefficient (Wildman–Crippen LogP) is 6.55. The van der Waals surface area contributed by atoms with Gasteiger partial charge in [-0.2, -0.15) is 0 Å².